The quantitative estimate of drug-likeness (QED) is 0.883. The Morgan fingerprint density at radius 1 is 1.29 bits per heavy atom. The smallest absolute Gasteiger partial charge is 0.123 e. The van der Waals surface area contributed by atoms with E-state index in [2.05, 4.69) is 38.8 Å². The van der Waals surface area contributed by atoms with Crippen LogP contribution in [-0.4, -0.2) is 47.6 Å². The number of aryl methyl sites for hydroxylation is 1. The Morgan fingerprint density at radius 2 is 2.10 bits per heavy atom. The fourth-order valence-corrected chi connectivity index (χ4v) is 4.66. The zero-order chi connectivity index (χ0) is 15.0. The van der Waals surface area contributed by atoms with Gasteiger partial charge >= 0.3 is 0 Å². The zero-order valence-electron chi connectivity index (χ0n) is 13.0. The molecular weight excluding hydrogens is 328 g/mol. The minimum absolute atomic E-state index is 0.459. The number of nitrogens with zero attached hydrogens (tertiary/aromatic N) is 2. The van der Waals surface area contributed by atoms with Gasteiger partial charge in [0.1, 0.15) is 5.75 Å². The van der Waals surface area contributed by atoms with Crippen molar-refractivity contribution in [2.45, 2.75) is 38.8 Å². The minimum Gasteiger partial charge on any atom is -0.507 e. The molecule has 2 fully saturated rings. The number of aromatic hydroxyl groups is 1. The van der Waals surface area contributed by atoms with Crippen LogP contribution in [0.4, 0.5) is 0 Å². The number of phenols is 1. The molecule has 3 rings (SSSR count). The van der Waals surface area contributed by atoms with E-state index in [1.165, 1.54) is 32.4 Å². The van der Waals surface area contributed by atoms with Crippen molar-refractivity contribution in [1.29, 1.82) is 0 Å². The van der Waals surface area contributed by atoms with Crippen LogP contribution in [0.3, 0.4) is 0 Å². The maximum Gasteiger partial charge on any atom is 0.123 e. The van der Waals surface area contributed by atoms with Crippen molar-refractivity contribution < 1.29 is 5.11 Å². The van der Waals surface area contributed by atoms with Crippen LogP contribution in [0, 0.1) is 12.8 Å². The maximum atomic E-state index is 10.3. The van der Waals surface area contributed by atoms with Gasteiger partial charge in [0.2, 0.25) is 0 Å². The van der Waals surface area contributed by atoms with E-state index in [0.29, 0.717) is 5.75 Å². The van der Waals surface area contributed by atoms with E-state index in [0.717, 1.165) is 40.6 Å². The van der Waals surface area contributed by atoms with Crippen molar-refractivity contribution in [1.82, 2.24) is 9.80 Å². The SMILES string of the molecule is Cc1cc(Br)cc(CN2CCC3C(CCCN3C)C2)c1O. The lowest BCUT2D eigenvalue weighted by atomic mass is 9.84. The molecule has 0 aromatic heterocycles. The van der Waals surface area contributed by atoms with Crippen molar-refractivity contribution in [3.8, 4) is 5.75 Å². The van der Waals surface area contributed by atoms with Gasteiger partial charge in [-0.25, -0.2) is 0 Å². The van der Waals surface area contributed by atoms with E-state index in [9.17, 15) is 5.11 Å². The molecule has 1 N–H and O–H groups in total. The predicted octanol–water partition coefficient (Wildman–Crippen LogP) is 3.38. The Kier molecular flexibility index (Phi) is 4.57. The highest BCUT2D eigenvalue weighted by molar-refractivity contribution is 9.10. The van der Waals surface area contributed by atoms with E-state index in [-0.39, 0.29) is 0 Å². The number of phenolic OH excluding ortho intramolecular Hbond substituents is 1. The van der Waals surface area contributed by atoms with Crippen LogP contribution >= 0.6 is 15.9 Å². The zero-order valence-corrected chi connectivity index (χ0v) is 14.6. The third kappa shape index (κ3) is 3.27. The average molecular weight is 353 g/mol. The second kappa shape index (κ2) is 6.27. The molecule has 0 amide bonds. The lowest BCUT2D eigenvalue weighted by molar-refractivity contribution is 0.0352. The van der Waals surface area contributed by atoms with E-state index in [1.54, 1.807) is 0 Å². The number of rotatable bonds is 2. The molecule has 0 spiro atoms. The molecule has 116 valence electrons. The molecule has 2 unspecified atom stereocenters. The van der Waals surface area contributed by atoms with Gasteiger partial charge < -0.3 is 10.0 Å². The van der Waals surface area contributed by atoms with Crippen molar-refractivity contribution >= 4 is 15.9 Å². The molecule has 2 heterocycles. The minimum atomic E-state index is 0.459. The molecule has 0 bridgehead atoms. The Hall–Kier alpha value is -0.580. The van der Waals surface area contributed by atoms with Crippen LogP contribution in [0.5, 0.6) is 5.75 Å². The number of benzene rings is 1. The summed E-state index contributed by atoms with van der Waals surface area (Å²) in [6, 6.07) is 4.80. The summed E-state index contributed by atoms with van der Waals surface area (Å²) in [5.41, 5.74) is 2.00. The number of hydrogen-bond acceptors (Lipinski definition) is 3. The highest BCUT2D eigenvalue weighted by Crippen LogP contribution is 2.32. The second-order valence-corrected chi connectivity index (χ2v) is 7.62. The number of piperidine rings is 2. The molecule has 0 saturated carbocycles. The van der Waals surface area contributed by atoms with Gasteiger partial charge in [-0.05, 0) is 69.9 Å². The van der Waals surface area contributed by atoms with E-state index < -0.39 is 0 Å². The van der Waals surface area contributed by atoms with Crippen LogP contribution in [0.1, 0.15) is 30.4 Å². The predicted molar refractivity (Wildman–Crippen MR) is 89.6 cm³/mol. The Morgan fingerprint density at radius 3 is 2.90 bits per heavy atom. The van der Waals surface area contributed by atoms with E-state index >= 15 is 0 Å². The van der Waals surface area contributed by atoms with Crippen molar-refractivity contribution in [3.63, 3.8) is 0 Å². The van der Waals surface area contributed by atoms with Crippen LogP contribution < -0.4 is 0 Å². The summed E-state index contributed by atoms with van der Waals surface area (Å²) in [5.74, 6) is 1.26. The molecule has 21 heavy (non-hydrogen) atoms. The van der Waals surface area contributed by atoms with Gasteiger partial charge in [-0.2, -0.15) is 0 Å². The molecule has 1 aromatic carbocycles. The Balaban J connectivity index is 1.69. The third-order valence-corrected chi connectivity index (χ3v) is 5.63. The Labute approximate surface area is 136 Å². The molecular formula is C17H25BrN2O. The summed E-state index contributed by atoms with van der Waals surface area (Å²) in [6.07, 6.45) is 3.94. The highest BCUT2D eigenvalue weighted by Gasteiger charge is 2.34. The first-order valence-corrected chi connectivity index (χ1v) is 8.74. The summed E-state index contributed by atoms with van der Waals surface area (Å²) in [7, 11) is 2.27. The maximum absolute atomic E-state index is 10.3. The topological polar surface area (TPSA) is 26.7 Å². The molecule has 2 atom stereocenters. The first-order chi connectivity index (χ1) is 10.0. The van der Waals surface area contributed by atoms with Crippen LogP contribution in [-0.2, 0) is 6.54 Å². The number of likely N-dealkylation sites (tertiary alicyclic amines) is 2. The van der Waals surface area contributed by atoms with Crippen molar-refractivity contribution in [2.24, 2.45) is 5.92 Å². The number of hydrogen-bond donors (Lipinski definition) is 1. The number of halogens is 1. The van der Waals surface area contributed by atoms with E-state index in [4.69, 9.17) is 0 Å². The largest absolute Gasteiger partial charge is 0.507 e. The second-order valence-electron chi connectivity index (χ2n) is 6.70. The molecule has 1 aromatic rings. The molecule has 0 radical (unpaired) electrons. The normalized spacial score (nSPS) is 27.6. The van der Waals surface area contributed by atoms with Crippen molar-refractivity contribution in [2.75, 3.05) is 26.7 Å². The monoisotopic (exact) mass is 352 g/mol. The summed E-state index contributed by atoms with van der Waals surface area (Å²) < 4.78 is 1.06. The molecule has 4 heteroatoms. The molecule has 3 nitrogen and oxygen atoms in total. The van der Waals surface area contributed by atoms with Gasteiger partial charge in [-0.15, -0.1) is 0 Å². The fraction of sp³-hybridized carbons (Fsp3) is 0.647. The van der Waals surface area contributed by atoms with Gasteiger partial charge in [0.15, 0.2) is 0 Å². The number of fused-ring (bicyclic) bond motifs is 1. The molecule has 2 aliphatic heterocycles. The summed E-state index contributed by atoms with van der Waals surface area (Å²) in [4.78, 5) is 5.06. The van der Waals surface area contributed by atoms with Gasteiger partial charge in [-0.1, -0.05) is 15.9 Å². The van der Waals surface area contributed by atoms with E-state index in [1.807, 2.05) is 13.0 Å². The van der Waals surface area contributed by atoms with Gasteiger partial charge in [0, 0.05) is 29.2 Å². The molecule has 2 saturated heterocycles. The Bertz CT molecular complexity index is 520. The highest BCUT2D eigenvalue weighted by atomic mass is 79.9. The lowest BCUT2D eigenvalue weighted by Gasteiger charge is -2.46. The fourth-order valence-electron chi connectivity index (χ4n) is 4.04. The lowest BCUT2D eigenvalue weighted by Crippen LogP contribution is -2.52. The van der Waals surface area contributed by atoms with Crippen LogP contribution in [0.2, 0.25) is 0 Å². The third-order valence-electron chi connectivity index (χ3n) is 5.17. The summed E-state index contributed by atoms with van der Waals surface area (Å²) in [5, 5.41) is 10.3. The molecule has 0 aliphatic carbocycles. The van der Waals surface area contributed by atoms with Gasteiger partial charge in [0.05, 0.1) is 0 Å². The van der Waals surface area contributed by atoms with Crippen LogP contribution in [0.25, 0.3) is 0 Å². The van der Waals surface area contributed by atoms with Crippen molar-refractivity contribution in [3.05, 3.63) is 27.7 Å². The molecule has 2 aliphatic rings. The first kappa shape index (κ1) is 15.3. The summed E-state index contributed by atoms with van der Waals surface area (Å²) >= 11 is 3.54. The average Bonchev–Trinajstić information content (AvgIpc) is 2.44. The summed E-state index contributed by atoms with van der Waals surface area (Å²) in [6.45, 7) is 6.38. The van der Waals surface area contributed by atoms with Gasteiger partial charge in [-0.3, -0.25) is 4.90 Å². The van der Waals surface area contributed by atoms with Crippen LogP contribution in [0.15, 0.2) is 16.6 Å². The first-order valence-electron chi connectivity index (χ1n) is 7.95. The van der Waals surface area contributed by atoms with Gasteiger partial charge in [0.25, 0.3) is 0 Å². The standard InChI is InChI=1S/C17H25BrN2O/c1-12-8-15(18)9-14(17(12)21)11-20-7-5-16-13(10-20)4-3-6-19(16)2/h8-9,13,16,21H,3-7,10-11H2,1-2H3.